The van der Waals surface area contributed by atoms with Gasteiger partial charge in [-0.2, -0.15) is 0 Å². The van der Waals surface area contributed by atoms with E-state index in [1.54, 1.807) is 23.5 Å². The predicted molar refractivity (Wildman–Crippen MR) is 67.2 cm³/mol. The number of hydrogen-bond donors (Lipinski definition) is 1. The zero-order chi connectivity index (χ0) is 12.3. The summed E-state index contributed by atoms with van der Waals surface area (Å²) >= 11 is 1.56. The molecule has 0 saturated carbocycles. The number of carbonyl (C=O) groups is 1. The molecule has 0 aliphatic carbocycles. The molecule has 0 aliphatic heterocycles. The molecule has 5 heteroatoms. The number of hydrogen-bond acceptors (Lipinski definition) is 4. The Morgan fingerprint density at radius 3 is 3.00 bits per heavy atom. The van der Waals surface area contributed by atoms with Gasteiger partial charge in [-0.25, -0.2) is 4.98 Å². The van der Waals surface area contributed by atoms with Crippen molar-refractivity contribution in [3.05, 3.63) is 28.3 Å². The number of amides is 1. The molecule has 17 heavy (non-hydrogen) atoms. The average Bonchev–Trinajstić information content (AvgIpc) is 2.93. The number of nitrogens with one attached hydrogen (secondary N) is 1. The number of carbonyl (C=O) groups excluding carboxylic acids is 1. The molecule has 2 aromatic heterocycles. The molecule has 0 unspecified atom stereocenters. The minimum Gasteiger partial charge on any atom is -0.449 e. The van der Waals surface area contributed by atoms with Gasteiger partial charge >= 0.3 is 0 Å². The van der Waals surface area contributed by atoms with E-state index in [1.807, 2.05) is 19.2 Å². The van der Waals surface area contributed by atoms with E-state index in [4.69, 9.17) is 4.42 Å². The van der Waals surface area contributed by atoms with Crippen molar-refractivity contribution < 1.29 is 9.21 Å². The Bertz CT molecular complexity index is 516. The van der Waals surface area contributed by atoms with Gasteiger partial charge in [0.15, 0.2) is 11.5 Å². The largest absolute Gasteiger partial charge is 0.449 e. The Labute approximate surface area is 104 Å². The van der Waals surface area contributed by atoms with Gasteiger partial charge in [-0.05, 0) is 25.5 Å². The number of aromatic nitrogens is 1. The van der Waals surface area contributed by atoms with Gasteiger partial charge in [0.25, 0.3) is 5.91 Å². The molecule has 2 aromatic rings. The first-order valence-corrected chi connectivity index (χ1v) is 6.39. The Morgan fingerprint density at radius 2 is 2.35 bits per heavy atom. The van der Waals surface area contributed by atoms with Crippen LogP contribution in [0.2, 0.25) is 0 Å². The zero-order valence-corrected chi connectivity index (χ0v) is 10.6. The van der Waals surface area contributed by atoms with Crippen molar-refractivity contribution in [2.75, 3.05) is 6.54 Å². The van der Waals surface area contributed by atoms with Crippen LogP contribution >= 0.6 is 11.3 Å². The van der Waals surface area contributed by atoms with Gasteiger partial charge < -0.3 is 9.73 Å². The number of furan rings is 1. The lowest BCUT2D eigenvalue weighted by Gasteiger charge is -1.99. The number of nitrogens with zero attached hydrogens (tertiary/aromatic N) is 1. The highest BCUT2D eigenvalue weighted by molar-refractivity contribution is 7.09. The van der Waals surface area contributed by atoms with E-state index in [0.29, 0.717) is 18.1 Å². The molecule has 0 aliphatic rings. The summed E-state index contributed by atoms with van der Waals surface area (Å²) in [4.78, 5) is 15.9. The van der Waals surface area contributed by atoms with E-state index in [9.17, 15) is 4.79 Å². The predicted octanol–water partition coefficient (Wildman–Crippen LogP) is 2.85. The fourth-order valence-electron chi connectivity index (χ4n) is 1.40. The first-order chi connectivity index (χ1) is 8.20. The quantitative estimate of drug-likeness (QED) is 0.907. The van der Waals surface area contributed by atoms with Gasteiger partial charge in [-0.15, -0.1) is 11.3 Å². The highest BCUT2D eigenvalue weighted by Crippen LogP contribution is 2.23. The fourth-order valence-corrected chi connectivity index (χ4v) is 2.00. The SMILES string of the molecule is CCCNC(=O)c1ccc(-c2csc(C)n2)o1. The van der Waals surface area contributed by atoms with Gasteiger partial charge in [-0.1, -0.05) is 6.92 Å². The topological polar surface area (TPSA) is 55.1 Å². The fraction of sp³-hybridized carbons (Fsp3) is 0.333. The summed E-state index contributed by atoms with van der Waals surface area (Å²) in [6.07, 6.45) is 0.907. The molecule has 1 N–H and O–H groups in total. The highest BCUT2D eigenvalue weighted by atomic mass is 32.1. The lowest BCUT2D eigenvalue weighted by molar-refractivity contribution is 0.0927. The van der Waals surface area contributed by atoms with Crippen molar-refractivity contribution in [1.82, 2.24) is 10.3 Å². The Balaban J connectivity index is 2.13. The van der Waals surface area contributed by atoms with Gasteiger partial charge in [0.2, 0.25) is 0 Å². The molecule has 4 nitrogen and oxygen atoms in total. The molecule has 1 amide bonds. The summed E-state index contributed by atoms with van der Waals surface area (Å²) in [6.45, 7) is 4.60. The minimum atomic E-state index is -0.176. The van der Waals surface area contributed by atoms with Crippen LogP contribution in [0.4, 0.5) is 0 Å². The van der Waals surface area contributed by atoms with Crippen LogP contribution in [0.15, 0.2) is 21.9 Å². The van der Waals surface area contributed by atoms with Crippen molar-refractivity contribution in [1.29, 1.82) is 0 Å². The molecular formula is C12H14N2O2S. The second-order valence-electron chi connectivity index (χ2n) is 3.67. The van der Waals surface area contributed by atoms with Crippen molar-refractivity contribution in [3.63, 3.8) is 0 Å². The summed E-state index contributed by atoms with van der Waals surface area (Å²) in [5.74, 6) is 0.792. The molecule has 90 valence electrons. The first kappa shape index (κ1) is 11.9. The Kier molecular flexibility index (Phi) is 3.58. The van der Waals surface area contributed by atoms with Crippen LogP contribution in [0.5, 0.6) is 0 Å². The maximum absolute atomic E-state index is 11.6. The molecular weight excluding hydrogens is 236 g/mol. The van der Waals surface area contributed by atoms with Crippen LogP contribution < -0.4 is 5.32 Å². The van der Waals surface area contributed by atoms with E-state index in [0.717, 1.165) is 17.1 Å². The van der Waals surface area contributed by atoms with E-state index in [1.165, 1.54) is 0 Å². The second kappa shape index (κ2) is 5.14. The number of thiazole rings is 1. The van der Waals surface area contributed by atoms with E-state index >= 15 is 0 Å². The molecule has 0 radical (unpaired) electrons. The van der Waals surface area contributed by atoms with Crippen LogP contribution in [0.1, 0.15) is 28.9 Å². The summed E-state index contributed by atoms with van der Waals surface area (Å²) in [5.41, 5.74) is 0.780. The standard InChI is InChI=1S/C12H14N2O2S/c1-3-6-13-12(15)11-5-4-10(16-11)9-7-17-8(2)14-9/h4-5,7H,3,6H2,1-2H3,(H,13,15). The lowest BCUT2D eigenvalue weighted by Crippen LogP contribution is -2.23. The summed E-state index contributed by atoms with van der Waals surface area (Å²) in [7, 11) is 0. The molecule has 0 spiro atoms. The monoisotopic (exact) mass is 250 g/mol. The van der Waals surface area contributed by atoms with Crippen LogP contribution in [0.25, 0.3) is 11.5 Å². The van der Waals surface area contributed by atoms with Crippen LogP contribution in [0.3, 0.4) is 0 Å². The average molecular weight is 250 g/mol. The van der Waals surface area contributed by atoms with Crippen LogP contribution in [-0.2, 0) is 0 Å². The molecule has 2 rings (SSSR count). The lowest BCUT2D eigenvalue weighted by atomic mass is 10.3. The smallest absolute Gasteiger partial charge is 0.287 e. The highest BCUT2D eigenvalue weighted by Gasteiger charge is 2.12. The minimum absolute atomic E-state index is 0.176. The van der Waals surface area contributed by atoms with E-state index in [-0.39, 0.29) is 5.91 Å². The summed E-state index contributed by atoms with van der Waals surface area (Å²) in [6, 6.07) is 3.45. The van der Waals surface area contributed by atoms with E-state index in [2.05, 4.69) is 10.3 Å². The maximum atomic E-state index is 11.6. The van der Waals surface area contributed by atoms with Gasteiger partial charge in [0, 0.05) is 11.9 Å². The van der Waals surface area contributed by atoms with Crippen LogP contribution in [0, 0.1) is 6.92 Å². The second-order valence-corrected chi connectivity index (χ2v) is 4.73. The molecule has 0 aromatic carbocycles. The number of aryl methyl sites for hydroxylation is 1. The summed E-state index contributed by atoms with van der Waals surface area (Å²) in [5, 5.41) is 5.67. The van der Waals surface area contributed by atoms with Crippen molar-refractivity contribution >= 4 is 17.2 Å². The van der Waals surface area contributed by atoms with Gasteiger partial charge in [-0.3, -0.25) is 4.79 Å². The Hall–Kier alpha value is -1.62. The number of rotatable bonds is 4. The molecule has 0 atom stereocenters. The van der Waals surface area contributed by atoms with E-state index < -0.39 is 0 Å². The zero-order valence-electron chi connectivity index (χ0n) is 9.82. The molecule has 0 bridgehead atoms. The normalized spacial score (nSPS) is 10.5. The summed E-state index contributed by atoms with van der Waals surface area (Å²) < 4.78 is 5.47. The third kappa shape index (κ3) is 2.74. The Morgan fingerprint density at radius 1 is 1.53 bits per heavy atom. The van der Waals surface area contributed by atoms with Crippen LogP contribution in [-0.4, -0.2) is 17.4 Å². The third-order valence-corrected chi connectivity index (χ3v) is 3.01. The van der Waals surface area contributed by atoms with Crippen molar-refractivity contribution in [2.45, 2.75) is 20.3 Å². The molecule has 0 fully saturated rings. The van der Waals surface area contributed by atoms with Gasteiger partial charge in [0.1, 0.15) is 5.69 Å². The first-order valence-electron chi connectivity index (χ1n) is 5.51. The molecule has 0 saturated heterocycles. The maximum Gasteiger partial charge on any atom is 0.287 e. The van der Waals surface area contributed by atoms with Gasteiger partial charge in [0.05, 0.1) is 5.01 Å². The van der Waals surface area contributed by atoms with Crippen molar-refractivity contribution in [3.8, 4) is 11.5 Å². The third-order valence-electron chi connectivity index (χ3n) is 2.24. The van der Waals surface area contributed by atoms with Crippen molar-refractivity contribution in [2.24, 2.45) is 0 Å². The molecule has 2 heterocycles.